The molecule has 0 spiro atoms. The quantitative estimate of drug-likeness (QED) is 0.0351. The maximum Gasteiger partial charge on any atom is 1.00 e. The predicted molar refractivity (Wildman–Crippen MR) is 226 cm³/mol. The van der Waals surface area contributed by atoms with Crippen LogP contribution in [0.15, 0.2) is 58.6 Å². The fraction of sp³-hybridized carbons (Fsp3) is 0.524. The van der Waals surface area contributed by atoms with Gasteiger partial charge in [-0.1, -0.05) is 177 Å². The number of benzene rings is 2. The van der Waals surface area contributed by atoms with E-state index in [0.717, 1.165) is 31.8 Å². The summed E-state index contributed by atoms with van der Waals surface area (Å²) in [5.41, 5.74) is 1.22. The van der Waals surface area contributed by atoms with Crippen LogP contribution in [0.2, 0.25) is 0 Å². The van der Waals surface area contributed by atoms with E-state index >= 15 is 0 Å². The molecule has 4 N–H and O–H groups in total. The molecule has 0 aliphatic rings. The van der Waals surface area contributed by atoms with E-state index in [2.05, 4.69) is 37.5 Å². The van der Waals surface area contributed by atoms with Crippen LogP contribution in [0.5, 0.6) is 0 Å². The summed E-state index contributed by atoms with van der Waals surface area (Å²) in [7, 11) is -21.6. The molecule has 62 heavy (non-hydrogen) atoms. The summed E-state index contributed by atoms with van der Waals surface area (Å²) >= 11 is 0. The molecule has 0 atom stereocenters. The van der Waals surface area contributed by atoms with Crippen LogP contribution in [0.4, 0.5) is 0 Å². The molecule has 2 aromatic rings. The molecule has 2 aromatic carbocycles. The molecule has 0 saturated heterocycles. The van der Waals surface area contributed by atoms with Gasteiger partial charge in [0, 0.05) is 24.0 Å². The Balaban J connectivity index is -0.000000510. The Hall–Kier alpha value is 1.64. The molecule has 0 heterocycles. The zero-order valence-corrected chi connectivity index (χ0v) is 49.3. The zero-order valence-electron chi connectivity index (χ0n) is 37.8. The van der Waals surface area contributed by atoms with E-state index in [4.69, 9.17) is 0 Å². The Morgan fingerprint density at radius 3 is 1.03 bits per heavy atom. The third kappa shape index (κ3) is 34.0. The molecule has 2 rings (SSSR count). The molecule has 20 heteroatoms. The van der Waals surface area contributed by atoms with Crippen molar-refractivity contribution in [1.29, 1.82) is 0 Å². The zero-order chi connectivity index (χ0) is 43.5. The first-order chi connectivity index (χ1) is 27.3. The van der Waals surface area contributed by atoms with Gasteiger partial charge < -0.3 is 48.3 Å². The second-order valence-electron chi connectivity index (χ2n) is 14.0. The van der Waals surface area contributed by atoms with Crippen LogP contribution in [0.3, 0.4) is 0 Å². The Morgan fingerprint density at radius 2 is 0.742 bits per heavy atom. The summed E-state index contributed by atoms with van der Waals surface area (Å²) < 4.78 is 45.2. The van der Waals surface area contributed by atoms with Crippen molar-refractivity contribution in [2.75, 3.05) is 0 Å². The number of rotatable bonds is 24. The van der Waals surface area contributed by atoms with Gasteiger partial charge in [-0.05, 0) is 68.5 Å². The Bertz CT molecular complexity index is 1730. The van der Waals surface area contributed by atoms with Crippen LogP contribution in [0, 0.1) is 23.7 Å². The maximum absolute atomic E-state index is 11.5. The van der Waals surface area contributed by atoms with Crippen molar-refractivity contribution in [3.05, 3.63) is 80.9 Å². The SMILES string of the molecule is CCCCCCCCCCCC#Cc1ccccc1C=C(P(=O)(O)O)P(=O)(O)O.CCCCCCCCCCCC#Cc1ccccc1C=C(P(=O)([O-])[O-])P(=O)([O-])[O-].[Na+].[Na+].[Na+].[Na+]. The molecule has 0 aliphatic heterocycles. The van der Waals surface area contributed by atoms with Gasteiger partial charge in [0.25, 0.3) is 0 Å². The Labute approximate surface area is 459 Å². The summed E-state index contributed by atoms with van der Waals surface area (Å²) in [5.74, 6) is 11.8. The minimum absolute atomic E-state index is 0. The van der Waals surface area contributed by atoms with Crippen molar-refractivity contribution in [1.82, 2.24) is 0 Å². The van der Waals surface area contributed by atoms with Gasteiger partial charge in [0.1, 0.15) is 0 Å². The van der Waals surface area contributed by atoms with Crippen LogP contribution < -0.4 is 138 Å². The average Bonchev–Trinajstić information content (AvgIpc) is 3.13. The van der Waals surface area contributed by atoms with Gasteiger partial charge in [-0.3, -0.25) is 9.13 Å². The molecule has 0 unspecified atom stereocenters. The van der Waals surface area contributed by atoms with Crippen molar-refractivity contribution < 1.29 is 176 Å². The minimum atomic E-state index is -5.71. The van der Waals surface area contributed by atoms with Crippen molar-refractivity contribution in [3.8, 4) is 23.7 Å². The molecule has 0 bridgehead atoms. The summed E-state index contributed by atoms with van der Waals surface area (Å²) in [6.07, 6.45) is 24.7. The van der Waals surface area contributed by atoms with Crippen LogP contribution in [-0.2, 0) is 18.3 Å². The van der Waals surface area contributed by atoms with Crippen LogP contribution >= 0.6 is 30.4 Å². The summed E-state index contributed by atoms with van der Waals surface area (Å²) in [5, 5.41) is -2.84. The van der Waals surface area contributed by atoms with Gasteiger partial charge in [0.05, 0.1) is 0 Å². The third-order valence-corrected chi connectivity index (χ3v) is 14.8. The molecule has 0 fully saturated rings. The van der Waals surface area contributed by atoms with Gasteiger partial charge in [0.15, 0.2) is 5.06 Å². The first kappa shape index (κ1) is 70.2. The summed E-state index contributed by atoms with van der Waals surface area (Å²) in [6, 6.07) is 12.7. The summed E-state index contributed by atoms with van der Waals surface area (Å²) in [4.78, 5) is 81.6. The van der Waals surface area contributed by atoms with Gasteiger partial charge >= 0.3 is 133 Å². The Kier molecular flexibility index (Phi) is 44.7. The summed E-state index contributed by atoms with van der Waals surface area (Å²) in [6.45, 7) is 4.41. The normalized spacial score (nSPS) is 10.9. The second-order valence-corrected chi connectivity index (χ2v) is 20.8. The first-order valence-corrected chi connectivity index (χ1v) is 26.4. The smallest absolute Gasteiger partial charge is 0.807 e. The minimum Gasteiger partial charge on any atom is -0.807 e. The van der Waals surface area contributed by atoms with Gasteiger partial charge in [-0.15, -0.1) is 0 Å². The van der Waals surface area contributed by atoms with Crippen molar-refractivity contribution in [3.63, 3.8) is 0 Å². The fourth-order valence-electron chi connectivity index (χ4n) is 5.76. The number of hydrogen-bond donors (Lipinski definition) is 4. The van der Waals surface area contributed by atoms with Gasteiger partial charge in [-0.25, -0.2) is 0 Å². The maximum atomic E-state index is 11.5. The van der Waals surface area contributed by atoms with Crippen molar-refractivity contribution in [2.45, 2.75) is 142 Å². The molecule has 324 valence electrons. The first-order valence-electron chi connectivity index (χ1n) is 20.1. The molecule has 12 nitrogen and oxygen atoms in total. The van der Waals surface area contributed by atoms with E-state index < -0.39 is 40.5 Å². The molecule has 0 radical (unpaired) electrons. The van der Waals surface area contributed by atoms with E-state index in [-0.39, 0.29) is 129 Å². The number of unbranched alkanes of at least 4 members (excludes halogenated alkanes) is 18. The molecule has 0 aromatic heterocycles. The fourth-order valence-corrected chi connectivity index (χ4v) is 9.53. The van der Waals surface area contributed by atoms with Gasteiger partial charge in [0.2, 0.25) is 0 Å². The molecular weight excluding hydrogens is 912 g/mol. The van der Waals surface area contributed by atoms with Crippen LogP contribution in [0.1, 0.15) is 165 Å². The molecule has 0 aliphatic carbocycles. The van der Waals surface area contributed by atoms with E-state index in [1.165, 1.54) is 108 Å². The van der Waals surface area contributed by atoms with E-state index in [0.29, 0.717) is 30.0 Å². The molecular formula is C42H60Na4O12P4. The van der Waals surface area contributed by atoms with Gasteiger partial charge in [-0.2, -0.15) is 0 Å². The standard InChI is InChI=1S/2C21H32O6P2.4Na/c2*1-2-3-4-5-6-7-8-9-10-11-12-15-19-16-13-14-17-20(19)18-21(28(22,23)24)29(25,26)27;;;;/h2*13-14,16-18H,2-11H2,1H3,(H2,22,23,24)(H2,25,26,27);;;;/q;;4*+1/p-4. The van der Waals surface area contributed by atoms with Crippen molar-refractivity contribution in [2.24, 2.45) is 0 Å². The van der Waals surface area contributed by atoms with E-state index in [1.54, 1.807) is 30.3 Å². The van der Waals surface area contributed by atoms with E-state index in [9.17, 15) is 57.4 Å². The molecule has 0 amide bonds. The number of hydrogen-bond acceptors (Lipinski definition) is 8. The predicted octanol–water partition coefficient (Wildman–Crippen LogP) is -3.29. The average molecular weight is 973 g/mol. The second kappa shape index (κ2) is 39.5. The molecule has 0 saturated carbocycles. The third-order valence-electron chi connectivity index (χ3n) is 8.91. The topological polar surface area (TPSA) is 241 Å². The van der Waals surface area contributed by atoms with Crippen LogP contribution in [0.25, 0.3) is 12.2 Å². The largest absolute Gasteiger partial charge is 1.00 e. The Morgan fingerprint density at radius 1 is 0.468 bits per heavy atom. The van der Waals surface area contributed by atoms with E-state index in [1.807, 2.05) is 0 Å². The van der Waals surface area contributed by atoms with Crippen LogP contribution in [-0.4, -0.2) is 19.6 Å². The van der Waals surface area contributed by atoms with Crippen molar-refractivity contribution >= 4 is 42.5 Å². The monoisotopic (exact) mass is 972 g/mol.